The Balaban J connectivity index is 1.88. The molecule has 4 nitrogen and oxygen atoms in total. The second-order valence-electron chi connectivity index (χ2n) is 6.83. The molecule has 1 aromatic heterocycles. The van der Waals surface area contributed by atoms with E-state index < -0.39 is 0 Å². The van der Waals surface area contributed by atoms with E-state index in [-0.39, 0.29) is 5.41 Å². The van der Waals surface area contributed by atoms with Crippen LogP contribution in [0.15, 0.2) is 10.9 Å². The van der Waals surface area contributed by atoms with Gasteiger partial charge in [-0.25, -0.2) is 4.98 Å². The topological polar surface area (TPSA) is 37.4 Å². The van der Waals surface area contributed by atoms with Crippen LogP contribution in [0.1, 0.15) is 32.4 Å². The number of thiazole rings is 1. The van der Waals surface area contributed by atoms with Gasteiger partial charge in [0.1, 0.15) is 0 Å². The van der Waals surface area contributed by atoms with E-state index in [1.807, 2.05) is 5.51 Å². The summed E-state index contributed by atoms with van der Waals surface area (Å²) in [5.74, 6) is 0.694. The van der Waals surface area contributed by atoms with Crippen LogP contribution in [0.5, 0.6) is 0 Å². The van der Waals surface area contributed by atoms with Gasteiger partial charge >= 0.3 is 0 Å². The number of ether oxygens (including phenoxy) is 1. The summed E-state index contributed by atoms with van der Waals surface area (Å²) in [6.07, 6.45) is 2.42. The molecule has 1 fully saturated rings. The van der Waals surface area contributed by atoms with E-state index in [0.717, 1.165) is 39.4 Å². The van der Waals surface area contributed by atoms with Crippen LogP contribution in [-0.4, -0.2) is 49.8 Å². The Morgan fingerprint density at radius 3 is 3.00 bits per heavy atom. The first-order valence-corrected chi connectivity index (χ1v) is 8.88. The van der Waals surface area contributed by atoms with Crippen molar-refractivity contribution < 1.29 is 4.74 Å². The number of rotatable bonds is 8. The molecular formula is C16H29N3OS. The summed E-state index contributed by atoms with van der Waals surface area (Å²) in [5.41, 5.74) is 3.33. The SMILES string of the molecule is CC(C)CNCC1(CN(C)Cc2cscn2)CCCOC1. The Labute approximate surface area is 132 Å². The van der Waals surface area contributed by atoms with Crippen molar-refractivity contribution in [1.82, 2.24) is 15.2 Å². The second kappa shape index (κ2) is 8.22. The fourth-order valence-corrected chi connectivity index (χ4v) is 3.63. The smallest absolute Gasteiger partial charge is 0.0795 e. The molecule has 1 N–H and O–H groups in total. The lowest BCUT2D eigenvalue weighted by Crippen LogP contribution is -2.48. The van der Waals surface area contributed by atoms with Crippen molar-refractivity contribution in [3.63, 3.8) is 0 Å². The average Bonchev–Trinajstić information content (AvgIpc) is 2.91. The maximum absolute atomic E-state index is 5.80. The quantitative estimate of drug-likeness (QED) is 0.801. The fourth-order valence-electron chi connectivity index (χ4n) is 3.08. The number of hydrogen-bond donors (Lipinski definition) is 1. The van der Waals surface area contributed by atoms with Gasteiger partial charge in [0.25, 0.3) is 0 Å². The summed E-state index contributed by atoms with van der Waals surface area (Å²) in [5, 5.41) is 5.78. The molecule has 2 heterocycles. The van der Waals surface area contributed by atoms with Crippen molar-refractivity contribution in [2.45, 2.75) is 33.2 Å². The number of nitrogens with zero attached hydrogens (tertiary/aromatic N) is 2. The van der Waals surface area contributed by atoms with Gasteiger partial charge in [0, 0.05) is 37.0 Å². The lowest BCUT2D eigenvalue weighted by molar-refractivity contribution is -0.0240. The van der Waals surface area contributed by atoms with Crippen LogP contribution in [0.3, 0.4) is 0 Å². The van der Waals surface area contributed by atoms with Gasteiger partial charge in [-0.3, -0.25) is 4.90 Å². The molecule has 1 aliphatic heterocycles. The number of nitrogens with one attached hydrogen (secondary N) is 1. The fraction of sp³-hybridized carbons (Fsp3) is 0.812. The average molecular weight is 311 g/mol. The highest BCUT2D eigenvalue weighted by Crippen LogP contribution is 2.29. The van der Waals surface area contributed by atoms with Crippen molar-refractivity contribution in [3.8, 4) is 0 Å². The molecule has 1 saturated heterocycles. The molecule has 1 unspecified atom stereocenters. The Kier molecular flexibility index (Phi) is 6.61. The molecule has 0 aliphatic carbocycles. The normalized spacial score (nSPS) is 23.1. The largest absolute Gasteiger partial charge is 0.381 e. The minimum Gasteiger partial charge on any atom is -0.381 e. The van der Waals surface area contributed by atoms with E-state index in [0.29, 0.717) is 5.92 Å². The predicted molar refractivity (Wildman–Crippen MR) is 88.6 cm³/mol. The van der Waals surface area contributed by atoms with Crippen LogP contribution in [0, 0.1) is 11.3 Å². The molecule has 1 atom stereocenters. The van der Waals surface area contributed by atoms with E-state index in [4.69, 9.17) is 4.74 Å². The van der Waals surface area contributed by atoms with Crippen molar-refractivity contribution in [2.75, 3.05) is 39.9 Å². The summed E-state index contributed by atoms with van der Waals surface area (Å²) >= 11 is 1.67. The van der Waals surface area contributed by atoms with Gasteiger partial charge in [0.2, 0.25) is 0 Å². The van der Waals surface area contributed by atoms with E-state index in [1.165, 1.54) is 18.5 Å². The summed E-state index contributed by atoms with van der Waals surface area (Å²) in [6, 6.07) is 0. The van der Waals surface area contributed by atoms with E-state index in [9.17, 15) is 0 Å². The number of aromatic nitrogens is 1. The van der Waals surface area contributed by atoms with Crippen LogP contribution in [0.4, 0.5) is 0 Å². The summed E-state index contributed by atoms with van der Waals surface area (Å²) in [6.45, 7) is 10.4. The van der Waals surface area contributed by atoms with Gasteiger partial charge in [-0.05, 0) is 32.4 Å². The minimum absolute atomic E-state index is 0.248. The first kappa shape index (κ1) is 16.9. The summed E-state index contributed by atoms with van der Waals surface area (Å²) in [7, 11) is 2.19. The Morgan fingerprint density at radius 1 is 1.52 bits per heavy atom. The first-order valence-electron chi connectivity index (χ1n) is 7.94. The zero-order valence-electron chi connectivity index (χ0n) is 13.6. The molecule has 0 spiro atoms. The summed E-state index contributed by atoms with van der Waals surface area (Å²) in [4.78, 5) is 6.78. The molecule has 2 rings (SSSR count). The molecule has 0 radical (unpaired) electrons. The van der Waals surface area contributed by atoms with Crippen LogP contribution >= 0.6 is 11.3 Å². The standard InChI is InChI=1S/C16H29N3OS/c1-14(2)7-17-10-16(5-4-6-20-12-16)11-19(3)8-15-9-21-13-18-15/h9,13-14,17H,4-8,10-12H2,1-3H3. The molecule has 5 heteroatoms. The van der Waals surface area contributed by atoms with E-state index >= 15 is 0 Å². The third kappa shape index (κ3) is 5.66. The molecule has 1 aromatic rings. The van der Waals surface area contributed by atoms with Gasteiger partial charge in [-0.15, -0.1) is 11.3 Å². The minimum atomic E-state index is 0.248. The monoisotopic (exact) mass is 311 g/mol. The third-order valence-corrected chi connectivity index (χ3v) is 4.61. The van der Waals surface area contributed by atoms with Crippen LogP contribution in [-0.2, 0) is 11.3 Å². The molecule has 1 aliphatic rings. The molecule has 21 heavy (non-hydrogen) atoms. The van der Waals surface area contributed by atoms with Gasteiger partial charge in [-0.1, -0.05) is 13.8 Å². The maximum atomic E-state index is 5.80. The van der Waals surface area contributed by atoms with Gasteiger partial charge in [-0.2, -0.15) is 0 Å². The number of hydrogen-bond acceptors (Lipinski definition) is 5. The molecule has 0 saturated carbocycles. The highest BCUT2D eigenvalue weighted by Gasteiger charge is 2.33. The van der Waals surface area contributed by atoms with Gasteiger partial charge in [0.15, 0.2) is 0 Å². The molecule has 0 amide bonds. The Bertz CT molecular complexity index is 388. The lowest BCUT2D eigenvalue weighted by Gasteiger charge is -2.40. The van der Waals surface area contributed by atoms with Gasteiger partial charge < -0.3 is 10.1 Å². The van der Waals surface area contributed by atoms with Crippen LogP contribution in [0.25, 0.3) is 0 Å². The highest BCUT2D eigenvalue weighted by molar-refractivity contribution is 7.07. The molecular weight excluding hydrogens is 282 g/mol. The van der Waals surface area contributed by atoms with Crippen LogP contribution in [0.2, 0.25) is 0 Å². The van der Waals surface area contributed by atoms with Crippen LogP contribution < -0.4 is 5.32 Å². The zero-order valence-corrected chi connectivity index (χ0v) is 14.4. The predicted octanol–water partition coefficient (Wildman–Crippen LogP) is 2.62. The summed E-state index contributed by atoms with van der Waals surface area (Å²) < 4.78 is 5.80. The highest BCUT2D eigenvalue weighted by atomic mass is 32.1. The third-order valence-electron chi connectivity index (χ3n) is 3.98. The van der Waals surface area contributed by atoms with E-state index in [1.54, 1.807) is 11.3 Å². The lowest BCUT2D eigenvalue weighted by atomic mass is 9.81. The zero-order chi connectivity index (χ0) is 15.1. The Morgan fingerprint density at radius 2 is 2.38 bits per heavy atom. The second-order valence-corrected chi connectivity index (χ2v) is 7.55. The van der Waals surface area contributed by atoms with Crippen molar-refractivity contribution >= 4 is 11.3 Å². The molecule has 120 valence electrons. The van der Waals surface area contributed by atoms with Crippen molar-refractivity contribution in [2.24, 2.45) is 11.3 Å². The van der Waals surface area contributed by atoms with Crippen molar-refractivity contribution in [1.29, 1.82) is 0 Å². The van der Waals surface area contributed by atoms with Crippen molar-refractivity contribution in [3.05, 3.63) is 16.6 Å². The van der Waals surface area contributed by atoms with E-state index in [2.05, 4.69) is 41.5 Å². The maximum Gasteiger partial charge on any atom is 0.0795 e. The molecule has 0 aromatic carbocycles. The first-order chi connectivity index (χ1) is 10.1. The van der Waals surface area contributed by atoms with Gasteiger partial charge in [0.05, 0.1) is 17.8 Å². The molecule has 0 bridgehead atoms. The Hall–Kier alpha value is -0.490.